The molecule has 21 heteroatoms. The van der Waals surface area contributed by atoms with E-state index in [9.17, 15) is 47.9 Å². The molecular weight excluding hydrogens is 708 g/mol. The second-order valence-corrected chi connectivity index (χ2v) is 11.1. The van der Waals surface area contributed by atoms with E-state index in [1.54, 1.807) is 0 Å². The monoisotopic (exact) mass is 750 g/mol. The summed E-state index contributed by atoms with van der Waals surface area (Å²) in [5.41, 5.74) is 0. The molecule has 0 amide bonds. The molecular formula is C31H42O21. The number of carbonyl (C=O) groups excluding carboxylic acids is 10. The molecule has 1 aliphatic rings. The molecule has 0 unspecified atom stereocenters. The van der Waals surface area contributed by atoms with Gasteiger partial charge >= 0.3 is 59.7 Å². The van der Waals surface area contributed by atoms with Crippen molar-refractivity contribution in [3.05, 3.63) is 0 Å². The van der Waals surface area contributed by atoms with Crippen LogP contribution >= 0.6 is 0 Å². The molecule has 1 fully saturated rings. The molecule has 52 heavy (non-hydrogen) atoms. The van der Waals surface area contributed by atoms with Crippen LogP contribution in [0.4, 0.5) is 0 Å². The smallest absolute Gasteiger partial charge is 0.349 e. The van der Waals surface area contributed by atoms with Gasteiger partial charge in [-0.3, -0.25) is 24.0 Å². The second kappa shape index (κ2) is 20.5. The maximum Gasteiger partial charge on any atom is 0.349 e. The first-order chi connectivity index (χ1) is 24.0. The van der Waals surface area contributed by atoms with E-state index >= 15 is 0 Å². The Balaban J connectivity index is 3.89. The first kappa shape index (κ1) is 44.7. The highest BCUT2D eigenvalue weighted by Crippen LogP contribution is 2.31. The van der Waals surface area contributed by atoms with Crippen molar-refractivity contribution >= 4 is 59.7 Å². The molecule has 0 bridgehead atoms. The van der Waals surface area contributed by atoms with Crippen molar-refractivity contribution in [3.8, 4) is 0 Å². The van der Waals surface area contributed by atoms with Gasteiger partial charge in [0.15, 0.2) is 42.7 Å². The molecule has 21 nitrogen and oxygen atoms in total. The lowest BCUT2D eigenvalue weighted by atomic mass is 9.97. The maximum atomic E-state index is 13.2. The van der Waals surface area contributed by atoms with E-state index in [0.717, 1.165) is 69.2 Å². The van der Waals surface area contributed by atoms with Crippen molar-refractivity contribution in [3.63, 3.8) is 0 Å². The lowest BCUT2D eigenvalue weighted by Crippen LogP contribution is -2.64. The van der Waals surface area contributed by atoms with Gasteiger partial charge in [-0.15, -0.1) is 0 Å². The van der Waals surface area contributed by atoms with Gasteiger partial charge in [0.25, 0.3) is 0 Å². The predicted molar refractivity (Wildman–Crippen MR) is 161 cm³/mol. The van der Waals surface area contributed by atoms with E-state index in [4.69, 9.17) is 52.1 Å². The fourth-order valence-corrected chi connectivity index (χ4v) is 4.18. The third-order valence-electron chi connectivity index (χ3n) is 6.34. The third kappa shape index (κ3) is 14.9. The summed E-state index contributed by atoms with van der Waals surface area (Å²) in [5.74, 6) is -11.0. The van der Waals surface area contributed by atoms with E-state index in [0.29, 0.717) is 0 Å². The number of hydrogen-bond acceptors (Lipinski definition) is 21. The van der Waals surface area contributed by atoms with Crippen LogP contribution in [0.1, 0.15) is 69.2 Å². The largest absolute Gasteiger partial charge is 0.460 e. The first-order valence-electron chi connectivity index (χ1n) is 15.5. The molecule has 1 aliphatic heterocycles. The molecule has 1 saturated heterocycles. The minimum Gasteiger partial charge on any atom is -0.460 e. The Morgan fingerprint density at radius 3 is 1.06 bits per heavy atom. The standard InChI is InChI=1S/C31H42O21/c1-12(43-17(6)32)26(37)42-11-22-23(49-27(38)13(2)44-18(7)33)24(50-28(39)14(3)45-19(8)34)25(51-29(40)15(4)46-20(9)35)31(48-22)52-30(41)16(5)47-21(10)36/h12-16,22-25,31H,11H2,1-10H3/t12-,13+,14+,15+,16+,22+,23+,24-,25+,31-/m1/s1. The number of esters is 10. The molecule has 10 atom stereocenters. The van der Waals surface area contributed by atoms with Gasteiger partial charge in [-0.2, -0.15) is 0 Å². The highest BCUT2D eigenvalue weighted by molar-refractivity contribution is 5.81. The fraction of sp³-hybridized carbons (Fsp3) is 0.677. The van der Waals surface area contributed by atoms with Crippen LogP contribution < -0.4 is 0 Å². The summed E-state index contributed by atoms with van der Waals surface area (Å²) in [4.78, 5) is 123. The molecule has 0 radical (unpaired) electrons. The van der Waals surface area contributed by atoms with Gasteiger partial charge in [0.05, 0.1) is 0 Å². The van der Waals surface area contributed by atoms with Crippen molar-refractivity contribution in [1.29, 1.82) is 0 Å². The van der Waals surface area contributed by atoms with Crippen molar-refractivity contribution in [2.24, 2.45) is 0 Å². The minimum absolute atomic E-state index is 0.847. The molecule has 0 N–H and O–H groups in total. The Kier molecular flexibility index (Phi) is 17.6. The second-order valence-electron chi connectivity index (χ2n) is 11.1. The van der Waals surface area contributed by atoms with E-state index in [2.05, 4.69) is 0 Å². The molecule has 0 aliphatic carbocycles. The summed E-state index contributed by atoms with van der Waals surface area (Å²) in [7, 11) is 0. The number of carbonyl (C=O) groups is 10. The van der Waals surface area contributed by atoms with Crippen molar-refractivity contribution in [2.75, 3.05) is 6.61 Å². The molecule has 0 aromatic carbocycles. The highest BCUT2D eigenvalue weighted by Gasteiger charge is 2.55. The molecule has 0 aromatic heterocycles. The zero-order valence-electron chi connectivity index (χ0n) is 30.1. The van der Waals surface area contributed by atoms with Gasteiger partial charge in [0.1, 0.15) is 12.7 Å². The highest BCUT2D eigenvalue weighted by atomic mass is 16.8. The number of rotatable bonds is 16. The summed E-state index contributed by atoms with van der Waals surface area (Å²) >= 11 is 0. The zero-order valence-corrected chi connectivity index (χ0v) is 30.1. The minimum atomic E-state index is -2.17. The van der Waals surface area contributed by atoms with E-state index < -0.39 is 128 Å². The van der Waals surface area contributed by atoms with Crippen LogP contribution in [-0.2, 0) is 100 Å². The van der Waals surface area contributed by atoms with E-state index in [-0.39, 0.29) is 0 Å². The average molecular weight is 751 g/mol. The van der Waals surface area contributed by atoms with Gasteiger partial charge in [0, 0.05) is 34.6 Å². The maximum absolute atomic E-state index is 13.2. The third-order valence-corrected chi connectivity index (χ3v) is 6.34. The molecule has 292 valence electrons. The SMILES string of the molecule is CC(=O)O[C@@H](C)C(=O)O[C@H]1O[C@@H](COC(=O)[C@@H](C)OC(C)=O)[C@H](OC(=O)[C@H](C)OC(C)=O)[C@@H](OC(=O)[C@H](C)OC(C)=O)[C@@H]1OC(=O)[C@H](C)OC(C)=O. The van der Waals surface area contributed by atoms with Crippen LogP contribution in [0.5, 0.6) is 0 Å². The Bertz CT molecular complexity index is 1370. The average Bonchev–Trinajstić information content (AvgIpc) is 3.00. The Morgan fingerprint density at radius 2 is 0.712 bits per heavy atom. The zero-order chi connectivity index (χ0) is 40.0. The molecule has 0 spiro atoms. The summed E-state index contributed by atoms with van der Waals surface area (Å²) in [6.07, 6.45) is -18.2. The summed E-state index contributed by atoms with van der Waals surface area (Å²) in [6, 6.07) is 0. The molecule has 0 aromatic rings. The van der Waals surface area contributed by atoms with E-state index in [1.807, 2.05) is 0 Å². The van der Waals surface area contributed by atoms with Gasteiger partial charge in [-0.05, 0) is 34.6 Å². The topological polar surface area (TPSA) is 272 Å². The first-order valence-corrected chi connectivity index (χ1v) is 15.5. The molecule has 1 rings (SSSR count). The molecule has 0 saturated carbocycles. The van der Waals surface area contributed by atoms with Gasteiger partial charge in [0.2, 0.25) is 12.4 Å². The van der Waals surface area contributed by atoms with Crippen LogP contribution in [0.15, 0.2) is 0 Å². The van der Waals surface area contributed by atoms with Gasteiger partial charge in [-0.25, -0.2) is 24.0 Å². The van der Waals surface area contributed by atoms with Crippen LogP contribution in [0, 0.1) is 0 Å². The predicted octanol–water partition coefficient (Wildman–Crippen LogP) is -0.709. The summed E-state index contributed by atoms with van der Waals surface area (Å²) in [6.45, 7) is 9.54. The van der Waals surface area contributed by atoms with Crippen molar-refractivity contribution in [1.82, 2.24) is 0 Å². The van der Waals surface area contributed by atoms with Crippen LogP contribution in [-0.4, -0.2) is 128 Å². The van der Waals surface area contributed by atoms with Crippen molar-refractivity contribution < 1.29 is 100 Å². The Labute approximate surface area is 297 Å². The lowest BCUT2D eigenvalue weighted by molar-refractivity contribution is -0.305. The summed E-state index contributed by atoms with van der Waals surface area (Å²) in [5, 5.41) is 0. The number of ether oxygens (including phenoxy) is 11. The Hall–Kier alpha value is -5.34. The Morgan fingerprint density at radius 1 is 0.423 bits per heavy atom. The van der Waals surface area contributed by atoms with Crippen LogP contribution in [0.3, 0.4) is 0 Å². The van der Waals surface area contributed by atoms with E-state index in [1.165, 1.54) is 0 Å². The number of hydrogen-bond donors (Lipinski definition) is 0. The fourth-order valence-electron chi connectivity index (χ4n) is 4.18. The van der Waals surface area contributed by atoms with Crippen LogP contribution in [0.25, 0.3) is 0 Å². The lowest BCUT2D eigenvalue weighted by Gasteiger charge is -2.44. The van der Waals surface area contributed by atoms with Gasteiger partial charge in [-0.1, -0.05) is 0 Å². The van der Waals surface area contributed by atoms with Crippen molar-refractivity contribution in [2.45, 2.75) is 130 Å². The normalized spacial score (nSPS) is 22.2. The van der Waals surface area contributed by atoms with Gasteiger partial charge < -0.3 is 52.1 Å². The quantitative estimate of drug-likeness (QED) is 0.139. The summed E-state index contributed by atoms with van der Waals surface area (Å²) < 4.78 is 56.9. The molecule has 1 heterocycles. The van der Waals surface area contributed by atoms with Crippen LogP contribution in [0.2, 0.25) is 0 Å².